The van der Waals surface area contributed by atoms with E-state index in [1.807, 2.05) is 18.2 Å². The van der Waals surface area contributed by atoms with Crippen LogP contribution in [0.1, 0.15) is 18.4 Å². The maximum Gasteiger partial charge on any atom is 0.123 e. The largest absolute Gasteiger partial charge is 0.496 e. The molecule has 2 rings (SSSR count). The highest BCUT2D eigenvalue weighted by molar-refractivity contribution is 6.30. The highest BCUT2D eigenvalue weighted by Gasteiger charge is 2.18. The van der Waals surface area contributed by atoms with Crippen molar-refractivity contribution in [1.29, 1.82) is 0 Å². The molecule has 0 unspecified atom stereocenters. The minimum atomic E-state index is 0. The normalized spacial score (nSPS) is 16.2. The Bertz CT molecular complexity index is 395. The fraction of sp³-hybridized carbons (Fsp3) is 0.571. The molecule has 19 heavy (non-hydrogen) atoms. The molecule has 0 radical (unpaired) electrons. The van der Waals surface area contributed by atoms with E-state index in [1.54, 1.807) is 7.11 Å². The maximum absolute atomic E-state index is 6.06. The molecular weight excluding hydrogens is 283 g/mol. The number of piperidine rings is 1. The minimum Gasteiger partial charge on any atom is -0.496 e. The molecule has 0 spiro atoms. The molecule has 0 atom stereocenters. The topological polar surface area (TPSA) is 24.5 Å². The van der Waals surface area contributed by atoms with Gasteiger partial charge in [-0.2, -0.15) is 0 Å². The van der Waals surface area contributed by atoms with Crippen molar-refractivity contribution in [1.82, 2.24) is 10.2 Å². The Morgan fingerprint density at radius 1 is 1.37 bits per heavy atom. The number of hydrogen-bond donors (Lipinski definition) is 1. The van der Waals surface area contributed by atoms with Crippen molar-refractivity contribution < 1.29 is 4.74 Å². The molecule has 1 saturated heterocycles. The summed E-state index contributed by atoms with van der Waals surface area (Å²) in [6, 6.07) is 6.45. The van der Waals surface area contributed by atoms with E-state index in [9.17, 15) is 0 Å². The van der Waals surface area contributed by atoms with Crippen LogP contribution in [0, 0.1) is 0 Å². The quantitative estimate of drug-likeness (QED) is 0.925. The number of methoxy groups -OCH3 is 1. The van der Waals surface area contributed by atoms with E-state index in [0.717, 1.165) is 36.0 Å². The van der Waals surface area contributed by atoms with Gasteiger partial charge in [0.15, 0.2) is 0 Å². The van der Waals surface area contributed by atoms with Crippen molar-refractivity contribution in [2.24, 2.45) is 0 Å². The van der Waals surface area contributed by atoms with Gasteiger partial charge in [-0.15, -0.1) is 12.4 Å². The van der Waals surface area contributed by atoms with Gasteiger partial charge in [0.05, 0.1) is 7.11 Å². The molecule has 1 fully saturated rings. The Morgan fingerprint density at radius 2 is 2.05 bits per heavy atom. The van der Waals surface area contributed by atoms with E-state index in [4.69, 9.17) is 16.3 Å². The number of rotatable bonds is 4. The third-order valence-corrected chi connectivity index (χ3v) is 3.83. The summed E-state index contributed by atoms with van der Waals surface area (Å²) < 4.78 is 5.39. The summed E-state index contributed by atoms with van der Waals surface area (Å²) in [5.74, 6) is 0.917. The number of nitrogens with one attached hydrogen (secondary N) is 1. The van der Waals surface area contributed by atoms with E-state index in [2.05, 4.69) is 17.3 Å². The lowest BCUT2D eigenvalue weighted by Gasteiger charge is -2.32. The minimum absolute atomic E-state index is 0. The van der Waals surface area contributed by atoms with Crippen molar-refractivity contribution in [2.75, 3.05) is 27.2 Å². The van der Waals surface area contributed by atoms with Crippen LogP contribution in [-0.2, 0) is 6.54 Å². The van der Waals surface area contributed by atoms with E-state index in [0.29, 0.717) is 6.04 Å². The first-order chi connectivity index (χ1) is 8.70. The van der Waals surface area contributed by atoms with Gasteiger partial charge in [0.2, 0.25) is 0 Å². The van der Waals surface area contributed by atoms with Crippen molar-refractivity contribution in [3.8, 4) is 5.75 Å². The van der Waals surface area contributed by atoms with Gasteiger partial charge in [-0.05, 0) is 51.2 Å². The molecule has 0 aliphatic carbocycles. The smallest absolute Gasteiger partial charge is 0.123 e. The lowest BCUT2D eigenvalue weighted by molar-refractivity contribution is 0.190. The van der Waals surface area contributed by atoms with Gasteiger partial charge < -0.3 is 10.1 Å². The number of nitrogens with zero attached hydrogens (tertiary/aromatic N) is 1. The van der Waals surface area contributed by atoms with Crippen LogP contribution in [0.2, 0.25) is 5.02 Å². The Labute approximate surface area is 126 Å². The zero-order valence-electron chi connectivity index (χ0n) is 11.5. The van der Waals surface area contributed by atoms with Gasteiger partial charge in [0.1, 0.15) is 5.75 Å². The molecule has 5 heteroatoms. The van der Waals surface area contributed by atoms with Gasteiger partial charge in [0, 0.05) is 23.2 Å². The second-order valence-electron chi connectivity index (χ2n) is 4.85. The standard InChI is InChI=1S/C14H21ClN2O.ClH/c1-17(13-5-7-16-8-6-13)10-11-9-12(15)3-4-14(11)18-2;/h3-4,9,13,16H,5-8,10H2,1-2H3;1H. The average Bonchev–Trinajstić information content (AvgIpc) is 2.40. The van der Waals surface area contributed by atoms with Crippen molar-refractivity contribution in [2.45, 2.75) is 25.4 Å². The first kappa shape index (κ1) is 16.6. The molecular formula is C14H22Cl2N2O. The molecule has 1 aromatic carbocycles. The lowest BCUT2D eigenvalue weighted by atomic mass is 10.0. The highest BCUT2D eigenvalue weighted by Crippen LogP contribution is 2.25. The van der Waals surface area contributed by atoms with E-state index in [1.165, 1.54) is 12.8 Å². The first-order valence-corrected chi connectivity index (χ1v) is 6.82. The molecule has 0 amide bonds. The molecule has 0 aromatic heterocycles. The van der Waals surface area contributed by atoms with Gasteiger partial charge >= 0.3 is 0 Å². The Kier molecular flexibility index (Phi) is 6.94. The third-order valence-electron chi connectivity index (χ3n) is 3.59. The van der Waals surface area contributed by atoms with Gasteiger partial charge in [-0.25, -0.2) is 0 Å². The number of hydrogen-bond acceptors (Lipinski definition) is 3. The molecule has 0 bridgehead atoms. The molecule has 3 nitrogen and oxygen atoms in total. The van der Waals surface area contributed by atoms with Gasteiger partial charge in [0.25, 0.3) is 0 Å². The lowest BCUT2D eigenvalue weighted by Crippen LogP contribution is -2.40. The van der Waals surface area contributed by atoms with E-state index >= 15 is 0 Å². The van der Waals surface area contributed by atoms with Crippen molar-refractivity contribution in [3.05, 3.63) is 28.8 Å². The average molecular weight is 305 g/mol. The number of ether oxygens (including phenoxy) is 1. The molecule has 1 aliphatic heterocycles. The zero-order valence-corrected chi connectivity index (χ0v) is 13.1. The Hall–Kier alpha value is -0.480. The van der Waals surface area contributed by atoms with Crippen LogP contribution >= 0.6 is 24.0 Å². The maximum atomic E-state index is 6.06. The van der Waals surface area contributed by atoms with Crippen LogP contribution in [0.4, 0.5) is 0 Å². The van der Waals surface area contributed by atoms with Crippen LogP contribution in [0.3, 0.4) is 0 Å². The predicted octanol–water partition coefficient (Wildman–Crippen LogP) is 2.95. The van der Waals surface area contributed by atoms with Crippen LogP contribution in [0.25, 0.3) is 0 Å². The number of halogens is 2. The molecule has 108 valence electrons. The first-order valence-electron chi connectivity index (χ1n) is 6.44. The Morgan fingerprint density at radius 3 is 2.68 bits per heavy atom. The predicted molar refractivity (Wildman–Crippen MR) is 82.6 cm³/mol. The van der Waals surface area contributed by atoms with Crippen molar-refractivity contribution in [3.63, 3.8) is 0 Å². The van der Waals surface area contributed by atoms with E-state index < -0.39 is 0 Å². The summed E-state index contributed by atoms with van der Waals surface area (Å²) in [5, 5.41) is 4.16. The molecule has 0 saturated carbocycles. The van der Waals surface area contributed by atoms with Crippen LogP contribution < -0.4 is 10.1 Å². The van der Waals surface area contributed by atoms with E-state index in [-0.39, 0.29) is 12.4 Å². The van der Waals surface area contributed by atoms with Gasteiger partial charge in [-0.1, -0.05) is 11.6 Å². The van der Waals surface area contributed by atoms with Crippen LogP contribution in [0.15, 0.2) is 18.2 Å². The molecule has 1 aliphatic rings. The number of benzene rings is 1. The molecule has 1 aromatic rings. The molecule has 1 heterocycles. The second-order valence-corrected chi connectivity index (χ2v) is 5.29. The summed E-state index contributed by atoms with van der Waals surface area (Å²) in [6.07, 6.45) is 2.42. The van der Waals surface area contributed by atoms with Gasteiger partial charge in [-0.3, -0.25) is 4.90 Å². The summed E-state index contributed by atoms with van der Waals surface area (Å²) in [7, 11) is 3.88. The zero-order chi connectivity index (χ0) is 13.0. The van der Waals surface area contributed by atoms with Crippen molar-refractivity contribution >= 4 is 24.0 Å². The van der Waals surface area contributed by atoms with Crippen LogP contribution in [-0.4, -0.2) is 38.2 Å². The Balaban J connectivity index is 0.00000180. The summed E-state index contributed by atoms with van der Waals surface area (Å²) in [4.78, 5) is 2.40. The summed E-state index contributed by atoms with van der Waals surface area (Å²) in [6.45, 7) is 3.11. The summed E-state index contributed by atoms with van der Waals surface area (Å²) >= 11 is 6.06. The SMILES string of the molecule is COc1ccc(Cl)cc1CN(C)C1CCNCC1.Cl. The summed E-state index contributed by atoms with van der Waals surface area (Å²) in [5.41, 5.74) is 1.16. The highest BCUT2D eigenvalue weighted by atomic mass is 35.5. The van der Waals surface area contributed by atoms with Crippen LogP contribution in [0.5, 0.6) is 5.75 Å². The third kappa shape index (κ3) is 4.53. The fourth-order valence-corrected chi connectivity index (χ4v) is 2.71. The fourth-order valence-electron chi connectivity index (χ4n) is 2.52. The second kappa shape index (κ2) is 7.95. The molecule has 1 N–H and O–H groups in total. The monoisotopic (exact) mass is 304 g/mol.